The van der Waals surface area contributed by atoms with E-state index in [1.165, 1.54) is 11.1 Å². The smallest absolute Gasteiger partial charge is 0.409 e. The summed E-state index contributed by atoms with van der Waals surface area (Å²) in [6.45, 7) is 6.60. The van der Waals surface area contributed by atoms with Crippen molar-refractivity contribution in [3.63, 3.8) is 0 Å². The van der Waals surface area contributed by atoms with Crippen molar-refractivity contribution in [3.8, 4) is 0 Å². The fourth-order valence-corrected chi connectivity index (χ4v) is 3.58. The highest BCUT2D eigenvalue weighted by Crippen LogP contribution is 2.18. The van der Waals surface area contributed by atoms with E-state index in [1.807, 2.05) is 6.92 Å². The van der Waals surface area contributed by atoms with E-state index < -0.39 is 0 Å². The van der Waals surface area contributed by atoms with E-state index in [0.717, 1.165) is 31.8 Å². The summed E-state index contributed by atoms with van der Waals surface area (Å²) in [5, 5.41) is 6.97. The standard InChI is InChI=1S/C22H37N5O2.HI/c1-6-17-8-10-18(11-9-17)20(26(4)5)16-24-21(23-3)25-19-12-14-27(15-13-19)22(28)29-7-2;/h8-11,19-20H,6-7,12-16H2,1-5H3,(H2,23,24,25);1H. The predicted molar refractivity (Wildman–Crippen MR) is 134 cm³/mol. The van der Waals surface area contributed by atoms with Gasteiger partial charge in [0.05, 0.1) is 12.6 Å². The average molecular weight is 531 g/mol. The molecule has 1 aromatic rings. The SMILES string of the molecule is CCOC(=O)N1CCC(NC(=NC)NCC(c2ccc(CC)cc2)N(C)C)CC1.I. The number of hydrogen-bond acceptors (Lipinski definition) is 4. The number of nitrogens with zero attached hydrogens (tertiary/aromatic N) is 3. The highest BCUT2D eigenvalue weighted by Gasteiger charge is 2.24. The van der Waals surface area contributed by atoms with Crippen LogP contribution in [0.15, 0.2) is 29.3 Å². The quantitative estimate of drug-likeness (QED) is 0.321. The Hall–Kier alpha value is -1.55. The molecule has 1 saturated heterocycles. The Balaban J connectivity index is 0.00000450. The van der Waals surface area contributed by atoms with Gasteiger partial charge in [-0.15, -0.1) is 24.0 Å². The number of aryl methyl sites for hydroxylation is 1. The molecule has 1 aliphatic heterocycles. The van der Waals surface area contributed by atoms with Gasteiger partial charge in [0.1, 0.15) is 0 Å². The number of benzene rings is 1. The third-order valence-electron chi connectivity index (χ3n) is 5.44. The minimum atomic E-state index is -0.212. The first-order valence-electron chi connectivity index (χ1n) is 10.6. The second-order valence-corrected chi connectivity index (χ2v) is 7.63. The van der Waals surface area contributed by atoms with E-state index in [1.54, 1.807) is 11.9 Å². The van der Waals surface area contributed by atoms with Crippen molar-refractivity contribution in [2.75, 3.05) is 47.4 Å². The minimum absolute atomic E-state index is 0. The predicted octanol–water partition coefficient (Wildman–Crippen LogP) is 3.26. The number of ether oxygens (including phenoxy) is 1. The molecule has 1 unspecified atom stereocenters. The van der Waals surface area contributed by atoms with Gasteiger partial charge in [-0.05, 0) is 51.4 Å². The number of carbonyl (C=O) groups excluding carboxylic acids is 1. The molecule has 2 rings (SSSR count). The topological polar surface area (TPSA) is 69.2 Å². The van der Waals surface area contributed by atoms with Gasteiger partial charge in [0.15, 0.2) is 5.96 Å². The zero-order valence-corrected chi connectivity index (χ0v) is 21.3. The van der Waals surface area contributed by atoms with Gasteiger partial charge < -0.3 is 25.2 Å². The summed E-state index contributed by atoms with van der Waals surface area (Å²) in [6, 6.07) is 9.39. The summed E-state index contributed by atoms with van der Waals surface area (Å²) in [7, 11) is 5.99. The van der Waals surface area contributed by atoms with Gasteiger partial charge in [-0.2, -0.15) is 0 Å². The number of aliphatic imine (C=N–C) groups is 1. The molecular weight excluding hydrogens is 493 g/mol. The molecule has 0 aliphatic carbocycles. The van der Waals surface area contributed by atoms with Crippen molar-refractivity contribution >= 4 is 36.0 Å². The number of rotatable bonds is 7. The first-order chi connectivity index (χ1) is 14.0. The lowest BCUT2D eigenvalue weighted by molar-refractivity contribution is 0.0963. The second kappa shape index (κ2) is 13.7. The Kier molecular flexibility index (Phi) is 12.1. The molecule has 0 radical (unpaired) electrons. The number of carbonyl (C=O) groups is 1. The molecule has 1 amide bonds. The Morgan fingerprint density at radius 3 is 2.37 bits per heavy atom. The number of halogens is 1. The van der Waals surface area contributed by atoms with Gasteiger partial charge in [-0.1, -0.05) is 31.2 Å². The highest BCUT2D eigenvalue weighted by molar-refractivity contribution is 14.0. The van der Waals surface area contributed by atoms with E-state index in [-0.39, 0.29) is 36.1 Å². The normalized spacial score (nSPS) is 16.1. The number of hydrogen-bond donors (Lipinski definition) is 2. The highest BCUT2D eigenvalue weighted by atomic mass is 127. The van der Waals surface area contributed by atoms with Gasteiger partial charge in [-0.3, -0.25) is 4.99 Å². The largest absolute Gasteiger partial charge is 0.450 e. The lowest BCUT2D eigenvalue weighted by Gasteiger charge is -2.33. The van der Waals surface area contributed by atoms with Crippen molar-refractivity contribution < 1.29 is 9.53 Å². The number of piperidine rings is 1. The van der Waals surface area contributed by atoms with Gasteiger partial charge in [0.25, 0.3) is 0 Å². The summed E-state index contributed by atoms with van der Waals surface area (Å²) in [4.78, 5) is 20.2. The molecule has 0 bridgehead atoms. The summed E-state index contributed by atoms with van der Waals surface area (Å²) >= 11 is 0. The van der Waals surface area contributed by atoms with E-state index >= 15 is 0 Å². The van der Waals surface area contributed by atoms with Crippen LogP contribution in [0.3, 0.4) is 0 Å². The number of likely N-dealkylation sites (tertiary alicyclic amines) is 1. The molecule has 1 atom stereocenters. The number of guanidine groups is 1. The number of nitrogens with one attached hydrogen (secondary N) is 2. The van der Waals surface area contributed by atoms with E-state index in [0.29, 0.717) is 25.7 Å². The third-order valence-corrected chi connectivity index (χ3v) is 5.44. The first kappa shape index (κ1) is 26.5. The molecule has 1 heterocycles. The molecule has 0 saturated carbocycles. The van der Waals surface area contributed by atoms with Crippen LogP contribution in [0.4, 0.5) is 4.79 Å². The van der Waals surface area contributed by atoms with Gasteiger partial charge in [-0.25, -0.2) is 4.79 Å². The van der Waals surface area contributed by atoms with Crippen LogP contribution >= 0.6 is 24.0 Å². The van der Waals surface area contributed by atoms with Crippen molar-refractivity contribution in [2.45, 2.75) is 45.2 Å². The molecule has 0 spiro atoms. The maximum absolute atomic E-state index is 11.8. The Labute approximate surface area is 198 Å². The Bertz CT molecular complexity index is 658. The lowest BCUT2D eigenvalue weighted by Crippen LogP contribution is -2.50. The van der Waals surface area contributed by atoms with Crippen molar-refractivity contribution in [1.82, 2.24) is 20.4 Å². The molecule has 30 heavy (non-hydrogen) atoms. The fraction of sp³-hybridized carbons (Fsp3) is 0.636. The van der Waals surface area contributed by atoms with Crippen molar-refractivity contribution in [3.05, 3.63) is 35.4 Å². The third kappa shape index (κ3) is 7.94. The molecule has 1 fully saturated rings. The summed E-state index contributed by atoms with van der Waals surface area (Å²) in [6.07, 6.45) is 2.61. The van der Waals surface area contributed by atoms with Crippen LogP contribution in [-0.4, -0.2) is 75.3 Å². The maximum atomic E-state index is 11.8. The number of amides is 1. The number of likely N-dealkylation sites (N-methyl/N-ethyl adjacent to an activating group) is 1. The molecule has 170 valence electrons. The molecule has 7 nitrogen and oxygen atoms in total. The molecule has 1 aromatic carbocycles. The van der Waals surface area contributed by atoms with Crippen LogP contribution < -0.4 is 10.6 Å². The molecule has 1 aliphatic rings. The van der Waals surface area contributed by atoms with Crippen LogP contribution in [0, 0.1) is 0 Å². The van der Waals surface area contributed by atoms with E-state index in [4.69, 9.17) is 4.74 Å². The van der Waals surface area contributed by atoms with Gasteiger partial charge >= 0.3 is 6.09 Å². The van der Waals surface area contributed by atoms with E-state index in [2.05, 4.69) is 65.8 Å². The van der Waals surface area contributed by atoms with Crippen LogP contribution in [0.25, 0.3) is 0 Å². The van der Waals surface area contributed by atoms with Crippen LogP contribution in [0.2, 0.25) is 0 Å². The maximum Gasteiger partial charge on any atom is 0.409 e. The first-order valence-corrected chi connectivity index (χ1v) is 10.6. The minimum Gasteiger partial charge on any atom is -0.450 e. The molecule has 2 N–H and O–H groups in total. The zero-order valence-electron chi connectivity index (χ0n) is 19.0. The van der Waals surface area contributed by atoms with Crippen molar-refractivity contribution in [1.29, 1.82) is 0 Å². The zero-order chi connectivity index (χ0) is 21.2. The van der Waals surface area contributed by atoms with Crippen LogP contribution in [0.5, 0.6) is 0 Å². The van der Waals surface area contributed by atoms with E-state index in [9.17, 15) is 4.79 Å². The lowest BCUT2D eigenvalue weighted by atomic mass is 10.0. The monoisotopic (exact) mass is 531 g/mol. The fourth-order valence-electron chi connectivity index (χ4n) is 3.58. The molecule has 0 aromatic heterocycles. The van der Waals surface area contributed by atoms with Gasteiger partial charge in [0, 0.05) is 32.7 Å². The van der Waals surface area contributed by atoms with Crippen LogP contribution in [0.1, 0.15) is 43.9 Å². The Morgan fingerprint density at radius 1 is 1.23 bits per heavy atom. The molecular formula is C22H38IN5O2. The summed E-state index contributed by atoms with van der Waals surface area (Å²) in [5.41, 5.74) is 2.64. The molecule has 8 heteroatoms. The summed E-state index contributed by atoms with van der Waals surface area (Å²) < 4.78 is 5.09. The Morgan fingerprint density at radius 2 is 1.87 bits per heavy atom. The average Bonchev–Trinajstić information content (AvgIpc) is 2.73. The van der Waals surface area contributed by atoms with Crippen LogP contribution in [-0.2, 0) is 11.2 Å². The van der Waals surface area contributed by atoms with Crippen molar-refractivity contribution in [2.24, 2.45) is 4.99 Å². The summed E-state index contributed by atoms with van der Waals surface area (Å²) in [5.74, 6) is 0.802. The second-order valence-electron chi connectivity index (χ2n) is 7.63. The van der Waals surface area contributed by atoms with Gasteiger partial charge in [0.2, 0.25) is 0 Å².